The maximum absolute atomic E-state index is 13.1. The van der Waals surface area contributed by atoms with Gasteiger partial charge in [-0.3, -0.25) is 4.79 Å². The number of carbonyl (C=O) groups excluding carboxylic acids is 1. The molecule has 0 aliphatic heterocycles. The molecule has 1 aromatic carbocycles. The molecule has 118 valence electrons. The summed E-state index contributed by atoms with van der Waals surface area (Å²) in [5.74, 6) is -1.71. The maximum Gasteiger partial charge on any atom is 0.409 e. The minimum Gasteiger partial charge on any atom is -0.497 e. The fourth-order valence-corrected chi connectivity index (χ4v) is 1.77. The summed E-state index contributed by atoms with van der Waals surface area (Å²) in [5.41, 5.74) is 0.245. The zero-order chi connectivity index (χ0) is 16.0. The largest absolute Gasteiger partial charge is 0.497 e. The Morgan fingerprint density at radius 2 is 1.86 bits per heavy atom. The summed E-state index contributed by atoms with van der Waals surface area (Å²) in [6.07, 6.45) is -4.58. The molecule has 0 aromatic heterocycles. The quantitative estimate of drug-likeness (QED) is 0.820. The lowest BCUT2D eigenvalue weighted by Gasteiger charge is -2.27. The van der Waals surface area contributed by atoms with Crippen molar-refractivity contribution in [1.29, 1.82) is 0 Å². The molecule has 0 heterocycles. The van der Waals surface area contributed by atoms with Gasteiger partial charge >= 0.3 is 12.1 Å². The second-order valence-electron chi connectivity index (χ2n) is 4.43. The number of methoxy groups -OCH3 is 1. The Labute approximate surface area is 121 Å². The third-order valence-electron chi connectivity index (χ3n) is 2.92. The number of alkyl halides is 3. The zero-order valence-electron chi connectivity index (χ0n) is 12.0. The molecule has 0 radical (unpaired) electrons. The molecule has 1 aromatic rings. The molecular weight excluding hydrogens is 287 g/mol. The molecule has 0 saturated heterocycles. The molecule has 0 unspecified atom stereocenters. The van der Waals surface area contributed by atoms with Crippen LogP contribution in [0, 0.1) is 5.92 Å². The van der Waals surface area contributed by atoms with Crippen molar-refractivity contribution in [2.45, 2.75) is 26.1 Å². The van der Waals surface area contributed by atoms with Crippen molar-refractivity contribution in [3.8, 4) is 5.75 Å². The van der Waals surface area contributed by atoms with Crippen LogP contribution in [0.25, 0.3) is 0 Å². The highest BCUT2D eigenvalue weighted by Crippen LogP contribution is 2.30. The molecule has 1 rings (SSSR count). The molecule has 7 heteroatoms. The number of anilines is 1. The fraction of sp³-hybridized carbons (Fsp3) is 0.500. The van der Waals surface area contributed by atoms with Gasteiger partial charge in [0.15, 0.2) is 0 Å². The van der Waals surface area contributed by atoms with E-state index >= 15 is 0 Å². The number of nitrogens with one attached hydrogen (secondary N) is 1. The van der Waals surface area contributed by atoms with Crippen molar-refractivity contribution in [2.24, 2.45) is 5.92 Å². The Kier molecular flexibility index (Phi) is 5.87. The van der Waals surface area contributed by atoms with Gasteiger partial charge in [-0.15, -0.1) is 0 Å². The van der Waals surface area contributed by atoms with E-state index in [9.17, 15) is 18.0 Å². The third kappa shape index (κ3) is 4.84. The number of esters is 1. The van der Waals surface area contributed by atoms with Crippen LogP contribution in [-0.2, 0) is 9.53 Å². The highest BCUT2D eigenvalue weighted by atomic mass is 19.4. The smallest absolute Gasteiger partial charge is 0.409 e. The highest BCUT2D eigenvalue weighted by molar-refractivity contribution is 5.73. The molecule has 0 saturated carbocycles. The lowest BCUT2D eigenvalue weighted by atomic mass is 10.0. The first-order valence-electron chi connectivity index (χ1n) is 6.43. The van der Waals surface area contributed by atoms with Crippen molar-refractivity contribution in [1.82, 2.24) is 0 Å². The first kappa shape index (κ1) is 17.1. The fourth-order valence-electron chi connectivity index (χ4n) is 1.77. The monoisotopic (exact) mass is 305 g/mol. The maximum atomic E-state index is 13.1. The highest BCUT2D eigenvalue weighted by Gasteiger charge is 2.46. The van der Waals surface area contributed by atoms with Gasteiger partial charge in [-0.05, 0) is 38.1 Å². The van der Waals surface area contributed by atoms with Gasteiger partial charge in [0, 0.05) is 5.69 Å². The number of hydrogen-bond acceptors (Lipinski definition) is 4. The van der Waals surface area contributed by atoms with Gasteiger partial charge in [0.25, 0.3) is 0 Å². The first-order chi connectivity index (χ1) is 9.79. The molecule has 0 aliphatic rings. The summed E-state index contributed by atoms with van der Waals surface area (Å²) in [6, 6.07) is 3.95. The molecular formula is C14H18F3NO3. The molecule has 21 heavy (non-hydrogen) atoms. The summed E-state index contributed by atoms with van der Waals surface area (Å²) >= 11 is 0. The van der Waals surface area contributed by atoms with E-state index in [1.54, 1.807) is 6.92 Å². The van der Waals surface area contributed by atoms with E-state index in [1.165, 1.54) is 38.3 Å². The Bertz CT molecular complexity index is 460. The van der Waals surface area contributed by atoms with Crippen molar-refractivity contribution < 1.29 is 27.4 Å². The molecule has 0 fully saturated rings. The number of rotatable bonds is 6. The van der Waals surface area contributed by atoms with Gasteiger partial charge in [-0.2, -0.15) is 13.2 Å². The SMILES string of the molecule is CCOC(=O)[C@H](C)[C@H](Nc1ccc(OC)cc1)C(F)(F)F. The van der Waals surface area contributed by atoms with E-state index in [0.717, 1.165) is 0 Å². The molecule has 0 bridgehead atoms. The summed E-state index contributed by atoms with van der Waals surface area (Å²) in [5, 5.41) is 2.33. The average molecular weight is 305 g/mol. The van der Waals surface area contributed by atoms with E-state index in [0.29, 0.717) is 5.75 Å². The molecule has 0 spiro atoms. The predicted octanol–water partition coefficient (Wildman–Crippen LogP) is 3.24. The lowest BCUT2D eigenvalue weighted by Crippen LogP contribution is -2.45. The Balaban J connectivity index is 2.90. The number of ether oxygens (including phenoxy) is 2. The van der Waals surface area contributed by atoms with E-state index in [4.69, 9.17) is 4.74 Å². The number of halogens is 3. The van der Waals surface area contributed by atoms with Gasteiger partial charge in [0.05, 0.1) is 19.6 Å². The standard InChI is InChI=1S/C14H18F3NO3/c1-4-21-13(19)9(2)12(14(15,16)17)18-10-5-7-11(20-3)8-6-10/h5-9,12,18H,4H2,1-3H3/t9-,12+/m1/s1. The summed E-state index contributed by atoms with van der Waals surface area (Å²) in [7, 11) is 1.46. The van der Waals surface area contributed by atoms with Crippen molar-refractivity contribution in [2.75, 3.05) is 19.0 Å². The second-order valence-corrected chi connectivity index (χ2v) is 4.43. The van der Waals surface area contributed by atoms with Gasteiger partial charge in [0.1, 0.15) is 11.8 Å². The predicted molar refractivity (Wildman–Crippen MR) is 72.3 cm³/mol. The Hall–Kier alpha value is -1.92. The van der Waals surface area contributed by atoms with Crippen LogP contribution in [0.15, 0.2) is 24.3 Å². The van der Waals surface area contributed by atoms with Crippen LogP contribution in [0.4, 0.5) is 18.9 Å². The van der Waals surface area contributed by atoms with Crippen LogP contribution in [0.5, 0.6) is 5.75 Å². The summed E-state index contributed by atoms with van der Waals surface area (Å²) < 4.78 is 48.9. The van der Waals surface area contributed by atoms with E-state index in [1.807, 2.05) is 0 Å². The molecule has 4 nitrogen and oxygen atoms in total. The van der Waals surface area contributed by atoms with Crippen LogP contribution in [0.1, 0.15) is 13.8 Å². The van der Waals surface area contributed by atoms with Crippen LogP contribution in [-0.4, -0.2) is 31.9 Å². The Morgan fingerprint density at radius 1 is 1.29 bits per heavy atom. The van der Waals surface area contributed by atoms with Crippen LogP contribution in [0.2, 0.25) is 0 Å². The van der Waals surface area contributed by atoms with E-state index in [-0.39, 0.29) is 12.3 Å². The normalized spacial score (nSPS) is 14.2. The van der Waals surface area contributed by atoms with Crippen molar-refractivity contribution >= 4 is 11.7 Å². The van der Waals surface area contributed by atoms with Crippen LogP contribution < -0.4 is 10.1 Å². The zero-order valence-corrected chi connectivity index (χ0v) is 12.0. The van der Waals surface area contributed by atoms with Gasteiger partial charge in [-0.25, -0.2) is 0 Å². The molecule has 1 N–H and O–H groups in total. The molecule has 0 aliphatic carbocycles. The summed E-state index contributed by atoms with van der Waals surface area (Å²) in [6.45, 7) is 2.77. The number of benzene rings is 1. The van der Waals surface area contributed by atoms with Crippen LogP contribution in [0.3, 0.4) is 0 Å². The van der Waals surface area contributed by atoms with Crippen molar-refractivity contribution in [3.63, 3.8) is 0 Å². The lowest BCUT2D eigenvalue weighted by molar-refractivity contribution is -0.171. The Morgan fingerprint density at radius 3 is 2.29 bits per heavy atom. The minimum absolute atomic E-state index is 0.0380. The molecule has 0 amide bonds. The third-order valence-corrected chi connectivity index (χ3v) is 2.92. The number of carbonyl (C=O) groups is 1. The summed E-state index contributed by atoms with van der Waals surface area (Å²) in [4.78, 5) is 11.5. The molecule has 2 atom stereocenters. The van der Waals surface area contributed by atoms with Gasteiger partial charge < -0.3 is 14.8 Å². The topological polar surface area (TPSA) is 47.6 Å². The van der Waals surface area contributed by atoms with Crippen molar-refractivity contribution in [3.05, 3.63) is 24.3 Å². The minimum atomic E-state index is -4.58. The van der Waals surface area contributed by atoms with E-state index < -0.39 is 24.1 Å². The first-order valence-corrected chi connectivity index (χ1v) is 6.43. The number of hydrogen-bond donors (Lipinski definition) is 1. The van der Waals surface area contributed by atoms with E-state index in [2.05, 4.69) is 10.1 Å². The average Bonchev–Trinajstić information content (AvgIpc) is 2.43. The van der Waals surface area contributed by atoms with Crippen LogP contribution >= 0.6 is 0 Å². The van der Waals surface area contributed by atoms with Gasteiger partial charge in [0.2, 0.25) is 0 Å². The second kappa shape index (κ2) is 7.19. The van der Waals surface area contributed by atoms with Gasteiger partial charge in [-0.1, -0.05) is 0 Å².